The van der Waals surface area contributed by atoms with Crippen molar-refractivity contribution < 1.29 is 13.2 Å². The van der Waals surface area contributed by atoms with Gasteiger partial charge in [-0.25, -0.2) is 13.1 Å². The molecule has 0 bridgehead atoms. The second-order valence-electron chi connectivity index (χ2n) is 7.49. The molecule has 0 spiro atoms. The quantitative estimate of drug-likeness (QED) is 0.749. The van der Waals surface area contributed by atoms with Crippen LogP contribution in [0, 0.1) is 13.8 Å². The zero-order chi connectivity index (χ0) is 20.9. The summed E-state index contributed by atoms with van der Waals surface area (Å²) >= 11 is 0. The fourth-order valence-corrected chi connectivity index (χ4v) is 4.43. The van der Waals surface area contributed by atoms with Gasteiger partial charge in [-0.1, -0.05) is 48.5 Å². The molecule has 29 heavy (non-hydrogen) atoms. The highest BCUT2D eigenvalue weighted by Crippen LogP contribution is 2.33. The highest BCUT2D eigenvalue weighted by atomic mass is 32.2. The van der Waals surface area contributed by atoms with Gasteiger partial charge in [-0.15, -0.1) is 0 Å². The van der Waals surface area contributed by atoms with E-state index in [4.69, 9.17) is 0 Å². The summed E-state index contributed by atoms with van der Waals surface area (Å²) in [6.07, 6.45) is 3.61. The fraction of sp³-hybridized carbons (Fsp3) is 0.348. The van der Waals surface area contributed by atoms with Crippen LogP contribution in [0.5, 0.6) is 0 Å². The number of aryl methyl sites for hydroxylation is 2. The minimum absolute atomic E-state index is 0.0135. The van der Waals surface area contributed by atoms with E-state index >= 15 is 0 Å². The molecule has 1 heterocycles. The Balaban J connectivity index is 1.55. The van der Waals surface area contributed by atoms with E-state index in [9.17, 15) is 13.2 Å². The Morgan fingerprint density at radius 2 is 1.90 bits per heavy atom. The van der Waals surface area contributed by atoms with Crippen LogP contribution in [-0.4, -0.2) is 32.3 Å². The number of hydrogen-bond acceptors (Lipinski definition) is 3. The van der Waals surface area contributed by atoms with Gasteiger partial charge in [0.2, 0.25) is 15.9 Å². The predicted octanol–water partition coefficient (Wildman–Crippen LogP) is 3.95. The maximum Gasteiger partial charge on any atom is 0.233 e. The van der Waals surface area contributed by atoms with Crippen molar-refractivity contribution in [3.63, 3.8) is 0 Å². The van der Waals surface area contributed by atoms with Gasteiger partial charge in [0.15, 0.2) is 0 Å². The maximum atomic E-state index is 12.7. The SMILES string of the molecule is Cc1ccc(C2CCCN2C(=O)CCNS(=O)(=O)/C=C/c2ccccc2)cc1C. The van der Waals surface area contributed by atoms with Crippen LogP contribution in [0.3, 0.4) is 0 Å². The summed E-state index contributed by atoms with van der Waals surface area (Å²) in [6.45, 7) is 4.97. The Morgan fingerprint density at radius 3 is 2.62 bits per heavy atom. The molecular weight excluding hydrogens is 384 g/mol. The standard InChI is InChI=1S/C23H28N2O3S/c1-18-10-11-21(17-19(18)2)22-9-6-15-25(22)23(26)12-14-24-29(27,28)16-13-20-7-4-3-5-8-20/h3-5,7-8,10-11,13,16-17,22,24H,6,9,12,14-15H2,1-2H3/b16-13+. The summed E-state index contributed by atoms with van der Waals surface area (Å²) < 4.78 is 26.8. The number of rotatable bonds is 7. The molecule has 3 rings (SSSR count). The highest BCUT2D eigenvalue weighted by Gasteiger charge is 2.29. The number of nitrogens with one attached hydrogen (secondary N) is 1. The topological polar surface area (TPSA) is 66.5 Å². The van der Waals surface area contributed by atoms with Crippen molar-refractivity contribution in [3.8, 4) is 0 Å². The van der Waals surface area contributed by atoms with Crippen LogP contribution < -0.4 is 4.72 Å². The molecule has 1 aliphatic heterocycles. The van der Waals surface area contributed by atoms with E-state index in [0.717, 1.165) is 35.9 Å². The molecule has 0 aliphatic carbocycles. The number of sulfonamides is 1. The third-order valence-corrected chi connectivity index (χ3v) is 6.47. The maximum absolute atomic E-state index is 12.7. The molecule has 5 nitrogen and oxygen atoms in total. The van der Waals surface area contributed by atoms with E-state index in [1.807, 2.05) is 35.2 Å². The largest absolute Gasteiger partial charge is 0.336 e. The van der Waals surface area contributed by atoms with Crippen LogP contribution in [0.15, 0.2) is 53.9 Å². The van der Waals surface area contributed by atoms with Crippen molar-refractivity contribution >= 4 is 22.0 Å². The molecule has 2 aromatic rings. The first-order chi connectivity index (χ1) is 13.9. The molecule has 1 N–H and O–H groups in total. The highest BCUT2D eigenvalue weighted by molar-refractivity contribution is 7.92. The van der Waals surface area contributed by atoms with Gasteiger partial charge in [0, 0.05) is 24.9 Å². The molecule has 6 heteroatoms. The van der Waals surface area contributed by atoms with Crippen molar-refractivity contribution in [1.29, 1.82) is 0 Å². The van der Waals surface area contributed by atoms with Crippen LogP contribution >= 0.6 is 0 Å². The van der Waals surface area contributed by atoms with Gasteiger partial charge in [-0.2, -0.15) is 0 Å². The predicted molar refractivity (Wildman–Crippen MR) is 117 cm³/mol. The summed E-state index contributed by atoms with van der Waals surface area (Å²) in [5.41, 5.74) is 4.43. The Hall–Kier alpha value is -2.44. The van der Waals surface area contributed by atoms with Crippen LogP contribution in [-0.2, 0) is 14.8 Å². The summed E-state index contributed by atoms with van der Waals surface area (Å²) in [5, 5.41) is 1.14. The van der Waals surface area contributed by atoms with Crippen molar-refractivity contribution in [2.24, 2.45) is 0 Å². The number of likely N-dealkylation sites (tertiary alicyclic amines) is 1. The minimum atomic E-state index is -3.58. The Kier molecular flexibility index (Phi) is 6.87. The van der Waals surface area contributed by atoms with Crippen molar-refractivity contribution in [2.75, 3.05) is 13.1 Å². The van der Waals surface area contributed by atoms with Gasteiger partial charge in [0.05, 0.1) is 6.04 Å². The van der Waals surface area contributed by atoms with Crippen LogP contribution in [0.2, 0.25) is 0 Å². The molecule has 154 valence electrons. The number of hydrogen-bond donors (Lipinski definition) is 1. The van der Waals surface area contributed by atoms with E-state index in [0.29, 0.717) is 0 Å². The second-order valence-corrected chi connectivity index (χ2v) is 9.14. The van der Waals surface area contributed by atoms with E-state index in [2.05, 4.69) is 36.8 Å². The molecule has 1 atom stereocenters. The number of carbonyl (C=O) groups is 1. The first-order valence-electron chi connectivity index (χ1n) is 9.95. The second kappa shape index (κ2) is 9.37. The summed E-state index contributed by atoms with van der Waals surface area (Å²) in [5.74, 6) is -0.0135. The molecule has 1 amide bonds. The average Bonchev–Trinajstić information content (AvgIpc) is 3.19. The molecule has 0 radical (unpaired) electrons. The Morgan fingerprint density at radius 1 is 1.14 bits per heavy atom. The van der Waals surface area contributed by atoms with Gasteiger partial charge in [-0.05, 0) is 55.0 Å². The normalized spacial score (nSPS) is 17.2. The molecule has 1 unspecified atom stereocenters. The lowest BCUT2D eigenvalue weighted by Gasteiger charge is -2.25. The van der Waals surface area contributed by atoms with Gasteiger partial charge in [-0.3, -0.25) is 4.79 Å². The number of carbonyl (C=O) groups excluding carboxylic acids is 1. The summed E-state index contributed by atoms with van der Waals surface area (Å²) in [4.78, 5) is 14.6. The van der Waals surface area contributed by atoms with E-state index in [-0.39, 0.29) is 24.9 Å². The van der Waals surface area contributed by atoms with Crippen molar-refractivity contribution in [1.82, 2.24) is 9.62 Å². The van der Waals surface area contributed by atoms with E-state index < -0.39 is 10.0 Å². The zero-order valence-corrected chi connectivity index (χ0v) is 17.8. The smallest absolute Gasteiger partial charge is 0.233 e. The summed E-state index contributed by atoms with van der Waals surface area (Å²) in [7, 11) is -3.58. The lowest BCUT2D eigenvalue weighted by Crippen LogP contribution is -2.33. The average molecular weight is 413 g/mol. The molecule has 0 saturated carbocycles. The first-order valence-corrected chi connectivity index (χ1v) is 11.5. The molecule has 1 fully saturated rings. The molecular formula is C23H28N2O3S. The van der Waals surface area contributed by atoms with Crippen LogP contribution in [0.4, 0.5) is 0 Å². The monoisotopic (exact) mass is 412 g/mol. The zero-order valence-electron chi connectivity index (χ0n) is 17.0. The van der Waals surface area contributed by atoms with E-state index in [1.165, 1.54) is 11.1 Å². The van der Waals surface area contributed by atoms with Crippen LogP contribution in [0.1, 0.15) is 47.6 Å². The lowest BCUT2D eigenvalue weighted by atomic mass is 9.99. The number of amides is 1. The van der Waals surface area contributed by atoms with Gasteiger partial charge in [0.25, 0.3) is 0 Å². The fourth-order valence-electron chi connectivity index (χ4n) is 3.61. The Labute approximate surface area is 173 Å². The van der Waals surface area contributed by atoms with Gasteiger partial charge >= 0.3 is 0 Å². The molecule has 1 saturated heterocycles. The summed E-state index contributed by atoms with van der Waals surface area (Å²) in [6, 6.07) is 15.7. The van der Waals surface area contributed by atoms with Crippen LogP contribution in [0.25, 0.3) is 6.08 Å². The first kappa shape index (κ1) is 21.3. The molecule has 0 aromatic heterocycles. The number of benzene rings is 2. The van der Waals surface area contributed by atoms with Gasteiger partial charge in [0.1, 0.15) is 0 Å². The van der Waals surface area contributed by atoms with Crippen molar-refractivity contribution in [2.45, 2.75) is 39.2 Å². The third kappa shape index (κ3) is 5.78. The lowest BCUT2D eigenvalue weighted by molar-refractivity contribution is -0.131. The molecule has 2 aromatic carbocycles. The van der Waals surface area contributed by atoms with Crippen molar-refractivity contribution in [3.05, 3.63) is 76.2 Å². The number of nitrogens with zero attached hydrogens (tertiary/aromatic N) is 1. The van der Waals surface area contributed by atoms with E-state index in [1.54, 1.807) is 6.08 Å². The third-order valence-electron chi connectivity index (χ3n) is 5.37. The Bertz CT molecular complexity index is 984. The molecule has 1 aliphatic rings. The minimum Gasteiger partial charge on any atom is -0.336 e. The van der Waals surface area contributed by atoms with Gasteiger partial charge < -0.3 is 4.90 Å².